The van der Waals surface area contributed by atoms with Gasteiger partial charge in [0.1, 0.15) is 12.1 Å². The van der Waals surface area contributed by atoms with Gasteiger partial charge in [0.05, 0.1) is 5.69 Å². The van der Waals surface area contributed by atoms with Crippen molar-refractivity contribution in [3.05, 3.63) is 66.8 Å². The van der Waals surface area contributed by atoms with Gasteiger partial charge in [0.25, 0.3) is 5.91 Å². The van der Waals surface area contributed by atoms with Crippen LogP contribution in [0.2, 0.25) is 0 Å². The van der Waals surface area contributed by atoms with Gasteiger partial charge in [0, 0.05) is 37.7 Å². The van der Waals surface area contributed by atoms with E-state index in [0.29, 0.717) is 23.6 Å². The molecule has 0 radical (unpaired) electrons. The van der Waals surface area contributed by atoms with E-state index >= 15 is 0 Å². The van der Waals surface area contributed by atoms with Crippen molar-refractivity contribution in [2.45, 2.75) is 12.5 Å². The lowest BCUT2D eigenvalue weighted by molar-refractivity contribution is 0.0935. The smallest absolute Gasteiger partial charge is 0.272 e. The summed E-state index contributed by atoms with van der Waals surface area (Å²) in [7, 11) is 0. The van der Waals surface area contributed by atoms with Crippen molar-refractivity contribution in [1.82, 2.24) is 34.7 Å². The number of carbonyl (C=O) groups excluding carboxylic acids is 1. The monoisotopic (exact) mass is 392 g/mol. The molecule has 3 aromatic heterocycles. The molecule has 0 aliphatic carbocycles. The van der Waals surface area contributed by atoms with Crippen LogP contribution >= 0.6 is 0 Å². The fraction of sp³-hybridized carbons (Fsp3) is 0.211. The van der Waals surface area contributed by atoms with Crippen molar-refractivity contribution in [1.29, 1.82) is 0 Å². The molecule has 1 aliphatic rings. The summed E-state index contributed by atoms with van der Waals surface area (Å²) in [5, 5.41) is 11.4. The highest BCUT2D eigenvalue weighted by Gasteiger charge is 2.27. The molecule has 0 spiro atoms. The number of hydrogen-bond acceptors (Lipinski definition) is 6. The van der Waals surface area contributed by atoms with Crippen molar-refractivity contribution in [3.8, 4) is 5.69 Å². The zero-order chi connectivity index (χ0) is 19.8. The fourth-order valence-electron chi connectivity index (χ4n) is 3.48. The van der Waals surface area contributed by atoms with Gasteiger partial charge in [0.15, 0.2) is 17.2 Å². The van der Waals surface area contributed by atoms with Crippen LogP contribution in [0, 0.1) is 5.82 Å². The summed E-state index contributed by atoms with van der Waals surface area (Å²) in [6, 6.07) is 7.54. The van der Waals surface area contributed by atoms with Gasteiger partial charge in [-0.15, -0.1) is 0 Å². The molecular weight excluding hydrogens is 375 g/mol. The largest absolute Gasteiger partial charge is 0.351 e. The molecule has 4 heterocycles. The van der Waals surface area contributed by atoms with Crippen LogP contribution in [0.3, 0.4) is 0 Å². The van der Waals surface area contributed by atoms with Crippen LogP contribution in [-0.2, 0) is 0 Å². The summed E-state index contributed by atoms with van der Waals surface area (Å²) in [6.45, 7) is 1.39. The molecule has 1 aliphatic heterocycles. The molecule has 1 amide bonds. The van der Waals surface area contributed by atoms with E-state index < -0.39 is 0 Å². The highest BCUT2D eigenvalue weighted by atomic mass is 19.1. The minimum Gasteiger partial charge on any atom is -0.351 e. The summed E-state index contributed by atoms with van der Waals surface area (Å²) in [5.74, 6) is 0.190. The van der Waals surface area contributed by atoms with E-state index in [1.165, 1.54) is 18.5 Å². The Hall–Kier alpha value is -3.82. The molecule has 1 saturated heterocycles. The molecule has 29 heavy (non-hydrogen) atoms. The highest BCUT2D eigenvalue weighted by Crippen LogP contribution is 2.21. The van der Waals surface area contributed by atoms with Gasteiger partial charge in [0.2, 0.25) is 0 Å². The maximum Gasteiger partial charge on any atom is 0.272 e. The lowest BCUT2D eigenvalue weighted by Crippen LogP contribution is -2.37. The van der Waals surface area contributed by atoms with E-state index in [-0.39, 0.29) is 17.8 Å². The third kappa shape index (κ3) is 3.28. The number of nitrogens with zero attached hydrogens (tertiary/aromatic N) is 7. The predicted molar refractivity (Wildman–Crippen MR) is 102 cm³/mol. The molecule has 0 saturated carbocycles. The molecule has 1 atom stereocenters. The summed E-state index contributed by atoms with van der Waals surface area (Å²) in [6.07, 6.45) is 7.40. The summed E-state index contributed by atoms with van der Waals surface area (Å²) in [5.41, 5.74) is 1.69. The Balaban J connectivity index is 1.26. The number of aromatic nitrogens is 6. The van der Waals surface area contributed by atoms with Crippen LogP contribution in [0.4, 0.5) is 10.2 Å². The molecule has 1 N–H and O–H groups in total. The fourth-order valence-corrected chi connectivity index (χ4v) is 3.48. The van der Waals surface area contributed by atoms with Crippen molar-refractivity contribution in [2.75, 3.05) is 18.0 Å². The van der Waals surface area contributed by atoms with Crippen molar-refractivity contribution in [3.63, 3.8) is 0 Å². The zero-order valence-corrected chi connectivity index (χ0v) is 15.3. The van der Waals surface area contributed by atoms with Crippen molar-refractivity contribution >= 4 is 17.4 Å². The number of nitrogens with one attached hydrogen (secondary N) is 1. The molecule has 1 fully saturated rings. The first kappa shape index (κ1) is 17.3. The zero-order valence-electron chi connectivity index (χ0n) is 15.3. The van der Waals surface area contributed by atoms with E-state index in [9.17, 15) is 9.18 Å². The third-order valence-electron chi connectivity index (χ3n) is 4.91. The molecular formula is C19H17FN8O. The average Bonchev–Trinajstić information content (AvgIpc) is 3.48. The van der Waals surface area contributed by atoms with Gasteiger partial charge in [-0.3, -0.25) is 4.79 Å². The molecule has 4 aromatic rings. The minimum atomic E-state index is -0.319. The number of amides is 1. The Bertz CT molecular complexity index is 1170. The van der Waals surface area contributed by atoms with Crippen LogP contribution in [0.5, 0.6) is 0 Å². The molecule has 1 aromatic carbocycles. The number of carbonyl (C=O) groups is 1. The van der Waals surface area contributed by atoms with Gasteiger partial charge in [-0.1, -0.05) is 0 Å². The second kappa shape index (κ2) is 6.97. The number of benzene rings is 1. The van der Waals surface area contributed by atoms with Gasteiger partial charge < -0.3 is 10.2 Å². The van der Waals surface area contributed by atoms with Crippen LogP contribution in [0.15, 0.2) is 55.2 Å². The van der Waals surface area contributed by atoms with E-state index in [1.807, 2.05) is 0 Å². The highest BCUT2D eigenvalue weighted by molar-refractivity contribution is 5.92. The summed E-state index contributed by atoms with van der Waals surface area (Å²) in [4.78, 5) is 23.4. The number of fused-ring (bicyclic) bond motifs is 1. The van der Waals surface area contributed by atoms with Crippen LogP contribution in [0.1, 0.15) is 16.9 Å². The third-order valence-corrected chi connectivity index (χ3v) is 4.91. The Morgan fingerprint density at radius 3 is 2.86 bits per heavy atom. The number of anilines is 1. The van der Waals surface area contributed by atoms with Gasteiger partial charge >= 0.3 is 0 Å². The first-order valence-electron chi connectivity index (χ1n) is 9.19. The number of halogens is 1. The average molecular weight is 392 g/mol. The van der Waals surface area contributed by atoms with E-state index in [0.717, 1.165) is 18.8 Å². The SMILES string of the molecule is O=C(N[C@H]1CCN(c2nccn3ncnc23)C1)c1ccn(-c2ccc(F)cc2)n1. The van der Waals surface area contributed by atoms with Gasteiger partial charge in [-0.05, 0) is 36.8 Å². The first-order valence-corrected chi connectivity index (χ1v) is 9.19. The molecule has 0 bridgehead atoms. The Labute approximate surface area is 164 Å². The number of rotatable bonds is 4. The summed E-state index contributed by atoms with van der Waals surface area (Å²) < 4.78 is 16.3. The molecule has 10 heteroatoms. The first-order chi connectivity index (χ1) is 14.2. The van der Waals surface area contributed by atoms with E-state index in [4.69, 9.17) is 0 Å². The topological polar surface area (TPSA) is 93.2 Å². The quantitative estimate of drug-likeness (QED) is 0.565. The minimum absolute atomic E-state index is 0.0246. The van der Waals surface area contributed by atoms with E-state index in [1.54, 1.807) is 46.0 Å². The standard InChI is InChI=1S/C19H17FN8O/c20-13-1-3-15(4-2-13)27-9-6-16(25-27)19(29)24-14-5-8-26(11-14)17-18-22-12-23-28(18)10-7-21-17/h1-4,6-7,9-10,12,14H,5,8,11H2,(H,24,29)/t14-/m0/s1. The lowest BCUT2D eigenvalue weighted by Gasteiger charge is -2.17. The molecule has 5 rings (SSSR count). The van der Waals surface area contributed by atoms with Crippen LogP contribution in [-0.4, -0.2) is 54.4 Å². The van der Waals surface area contributed by atoms with Crippen LogP contribution in [0.25, 0.3) is 11.3 Å². The Morgan fingerprint density at radius 2 is 2.00 bits per heavy atom. The number of hydrogen-bond donors (Lipinski definition) is 1. The lowest BCUT2D eigenvalue weighted by atomic mass is 10.2. The molecule has 146 valence electrons. The molecule has 9 nitrogen and oxygen atoms in total. The van der Waals surface area contributed by atoms with Crippen molar-refractivity contribution in [2.24, 2.45) is 0 Å². The van der Waals surface area contributed by atoms with E-state index in [2.05, 4.69) is 30.4 Å². The summed E-state index contributed by atoms with van der Waals surface area (Å²) >= 11 is 0. The van der Waals surface area contributed by atoms with Gasteiger partial charge in [-0.2, -0.15) is 10.2 Å². The second-order valence-corrected chi connectivity index (χ2v) is 6.81. The van der Waals surface area contributed by atoms with Crippen LogP contribution < -0.4 is 10.2 Å². The van der Waals surface area contributed by atoms with Crippen molar-refractivity contribution < 1.29 is 9.18 Å². The normalized spacial score (nSPS) is 16.4. The maximum absolute atomic E-state index is 13.1. The molecule has 0 unspecified atom stereocenters. The predicted octanol–water partition coefficient (Wildman–Crippen LogP) is 1.46. The maximum atomic E-state index is 13.1. The Morgan fingerprint density at radius 1 is 1.14 bits per heavy atom. The Kier molecular flexibility index (Phi) is 4.15. The second-order valence-electron chi connectivity index (χ2n) is 6.81. The van der Waals surface area contributed by atoms with Gasteiger partial charge in [-0.25, -0.2) is 23.6 Å².